The van der Waals surface area contributed by atoms with E-state index < -0.39 is 0 Å². The summed E-state index contributed by atoms with van der Waals surface area (Å²) in [5.74, 6) is 5.71. The number of nitrogens with zero attached hydrogens (tertiary/aromatic N) is 3. The van der Waals surface area contributed by atoms with Gasteiger partial charge in [0.2, 0.25) is 0 Å². The first kappa shape index (κ1) is 14.7. The zero-order chi connectivity index (χ0) is 14.5. The van der Waals surface area contributed by atoms with E-state index in [9.17, 15) is 0 Å². The van der Waals surface area contributed by atoms with Crippen LogP contribution in [0.5, 0.6) is 0 Å². The minimum absolute atomic E-state index is 0.0507. The molecule has 0 saturated carbocycles. The summed E-state index contributed by atoms with van der Waals surface area (Å²) in [5.41, 5.74) is 7.32. The van der Waals surface area contributed by atoms with E-state index in [1.807, 2.05) is 23.9 Å². The number of hydrazine groups is 1. The van der Waals surface area contributed by atoms with Gasteiger partial charge in [0.25, 0.3) is 0 Å². The quantitative estimate of drug-likeness (QED) is 0.623. The van der Waals surface area contributed by atoms with Crippen molar-refractivity contribution in [2.24, 2.45) is 5.84 Å². The summed E-state index contributed by atoms with van der Waals surface area (Å²) in [4.78, 5) is 4.34. The Labute approximate surface area is 120 Å². The predicted octanol–water partition coefficient (Wildman–Crippen LogP) is 1.92. The molecule has 2 rings (SSSR count). The maximum absolute atomic E-state index is 5.71. The molecule has 0 aliphatic rings. The molecule has 0 aromatic carbocycles. The van der Waals surface area contributed by atoms with E-state index >= 15 is 0 Å². The highest BCUT2D eigenvalue weighted by molar-refractivity contribution is 5.20. The average molecular weight is 273 g/mol. The van der Waals surface area contributed by atoms with Crippen LogP contribution < -0.4 is 11.3 Å². The van der Waals surface area contributed by atoms with Gasteiger partial charge in [-0.3, -0.25) is 20.9 Å². The van der Waals surface area contributed by atoms with Crippen molar-refractivity contribution >= 4 is 0 Å². The standard InChI is InChI=1S/C15H23N5/c1-4-13-8-14(20(5-2)19-13)9-15(18-16)12-7-6-11(3)17-10-12/h6-8,10,15,18H,4-5,9,16H2,1-3H3. The number of hydrogen-bond donors (Lipinski definition) is 2. The number of pyridine rings is 1. The average Bonchev–Trinajstić information content (AvgIpc) is 2.88. The third-order valence-electron chi connectivity index (χ3n) is 3.53. The summed E-state index contributed by atoms with van der Waals surface area (Å²) in [6.07, 6.45) is 3.64. The molecule has 2 heterocycles. The minimum atomic E-state index is 0.0507. The van der Waals surface area contributed by atoms with Gasteiger partial charge in [-0.15, -0.1) is 0 Å². The van der Waals surface area contributed by atoms with Gasteiger partial charge in [-0.1, -0.05) is 13.0 Å². The molecule has 1 atom stereocenters. The molecule has 0 radical (unpaired) electrons. The summed E-state index contributed by atoms with van der Waals surface area (Å²) in [5, 5.41) is 4.57. The van der Waals surface area contributed by atoms with Crippen LogP contribution in [-0.4, -0.2) is 14.8 Å². The van der Waals surface area contributed by atoms with Gasteiger partial charge in [-0.2, -0.15) is 5.10 Å². The molecule has 2 aromatic heterocycles. The Morgan fingerprint density at radius 3 is 2.70 bits per heavy atom. The Bertz CT molecular complexity index is 544. The number of nitrogens with two attached hydrogens (primary N) is 1. The highest BCUT2D eigenvalue weighted by Gasteiger charge is 2.15. The molecule has 5 nitrogen and oxygen atoms in total. The first-order valence-electron chi connectivity index (χ1n) is 7.12. The van der Waals surface area contributed by atoms with Crippen LogP contribution in [0.1, 0.15) is 42.5 Å². The number of nitrogens with one attached hydrogen (secondary N) is 1. The summed E-state index contributed by atoms with van der Waals surface area (Å²) in [6.45, 7) is 7.08. The zero-order valence-corrected chi connectivity index (χ0v) is 12.4. The fourth-order valence-corrected chi connectivity index (χ4v) is 2.29. The van der Waals surface area contributed by atoms with Crippen LogP contribution in [0.15, 0.2) is 24.4 Å². The maximum Gasteiger partial charge on any atom is 0.0624 e. The molecule has 108 valence electrons. The first-order chi connectivity index (χ1) is 9.67. The molecule has 0 aliphatic heterocycles. The van der Waals surface area contributed by atoms with Gasteiger partial charge in [-0.05, 0) is 38.0 Å². The summed E-state index contributed by atoms with van der Waals surface area (Å²) >= 11 is 0. The third kappa shape index (κ3) is 3.23. The van der Waals surface area contributed by atoms with Crippen molar-refractivity contribution in [1.82, 2.24) is 20.2 Å². The fraction of sp³-hybridized carbons (Fsp3) is 0.467. The number of hydrogen-bond acceptors (Lipinski definition) is 4. The lowest BCUT2D eigenvalue weighted by molar-refractivity contribution is 0.515. The van der Waals surface area contributed by atoms with E-state index in [1.165, 1.54) is 5.69 Å². The van der Waals surface area contributed by atoms with Gasteiger partial charge in [0, 0.05) is 30.6 Å². The van der Waals surface area contributed by atoms with Crippen molar-refractivity contribution in [1.29, 1.82) is 0 Å². The molecular weight excluding hydrogens is 250 g/mol. The molecule has 5 heteroatoms. The molecular formula is C15H23N5. The number of rotatable bonds is 6. The molecule has 1 unspecified atom stereocenters. The largest absolute Gasteiger partial charge is 0.271 e. The lowest BCUT2D eigenvalue weighted by Gasteiger charge is -2.16. The van der Waals surface area contributed by atoms with E-state index in [2.05, 4.69) is 41.5 Å². The van der Waals surface area contributed by atoms with Crippen LogP contribution in [0.2, 0.25) is 0 Å². The van der Waals surface area contributed by atoms with E-state index in [0.29, 0.717) is 0 Å². The van der Waals surface area contributed by atoms with Crippen LogP contribution >= 0.6 is 0 Å². The van der Waals surface area contributed by atoms with E-state index in [4.69, 9.17) is 5.84 Å². The van der Waals surface area contributed by atoms with Gasteiger partial charge < -0.3 is 0 Å². The molecule has 0 aliphatic carbocycles. The van der Waals surface area contributed by atoms with Crippen molar-refractivity contribution in [3.05, 3.63) is 47.0 Å². The fourth-order valence-electron chi connectivity index (χ4n) is 2.29. The highest BCUT2D eigenvalue weighted by Crippen LogP contribution is 2.18. The zero-order valence-electron chi connectivity index (χ0n) is 12.4. The molecule has 3 N–H and O–H groups in total. The van der Waals surface area contributed by atoms with Crippen molar-refractivity contribution in [3.63, 3.8) is 0 Å². The van der Waals surface area contributed by atoms with Crippen molar-refractivity contribution in [2.45, 2.75) is 46.2 Å². The lowest BCUT2D eigenvalue weighted by atomic mass is 10.0. The smallest absolute Gasteiger partial charge is 0.0624 e. The van der Waals surface area contributed by atoms with Crippen molar-refractivity contribution < 1.29 is 0 Å². The van der Waals surface area contributed by atoms with Crippen LogP contribution in [0.25, 0.3) is 0 Å². The summed E-state index contributed by atoms with van der Waals surface area (Å²) < 4.78 is 2.05. The lowest BCUT2D eigenvalue weighted by Crippen LogP contribution is -2.30. The van der Waals surface area contributed by atoms with Crippen molar-refractivity contribution in [3.8, 4) is 0 Å². The molecule has 20 heavy (non-hydrogen) atoms. The molecule has 0 amide bonds. The molecule has 0 fully saturated rings. The Balaban J connectivity index is 2.21. The number of aromatic nitrogens is 3. The Hall–Kier alpha value is -1.72. The first-order valence-corrected chi connectivity index (χ1v) is 7.12. The molecule has 2 aromatic rings. The van der Waals surface area contributed by atoms with Gasteiger partial charge >= 0.3 is 0 Å². The van der Waals surface area contributed by atoms with Crippen LogP contribution in [0.4, 0.5) is 0 Å². The number of aryl methyl sites for hydroxylation is 3. The predicted molar refractivity (Wildman–Crippen MR) is 80.0 cm³/mol. The monoisotopic (exact) mass is 273 g/mol. The molecule has 0 saturated heterocycles. The normalized spacial score (nSPS) is 12.6. The second kappa shape index (κ2) is 6.63. The van der Waals surface area contributed by atoms with Gasteiger partial charge in [0.1, 0.15) is 0 Å². The Morgan fingerprint density at radius 1 is 1.35 bits per heavy atom. The Kier molecular flexibility index (Phi) is 4.87. The highest BCUT2D eigenvalue weighted by atomic mass is 15.3. The SMILES string of the molecule is CCc1cc(CC(NN)c2ccc(C)nc2)n(CC)n1. The molecule has 0 bridgehead atoms. The maximum atomic E-state index is 5.71. The van der Waals surface area contributed by atoms with Crippen LogP contribution in [0.3, 0.4) is 0 Å². The summed E-state index contributed by atoms with van der Waals surface area (Å²) in [7, 11) is 0. The van der Waals surface area contributed by atoms with Crippen molar-refractivity contribution in [2.75, 3.05) is 0 Å². The van der Waals surface area contributed by atoms with E-state index in [0.717, 1.165) is 36.3 Å². The summed E-state index contributed by atoms with van der Waals surface area (Å²) in [6, 6.07) is 6.29. The van der Waals surface area contributed by atoms with Gasteiger partial charge in [0.15, 0.2) is 0 Å². The molecule has 0 spiro atoms. The van der Waals surface area contributed by atoms with Gasteiger partial charge in [0.05, 0.1) is 11.7 Å². The van der Waals surface area contributed by atoms with Crippen LogP contribution in [-0.2, 0) is 19.4 Å². The Morgan fingerprint density at radius 2 is 2.15 bits per heavy atom. The second-order valence-corrected chi connectivity index (χ2v) is 4.95. The minimum Gasteiger partial charge on any atom is -0.271 e. The van der Waals surface area contributed by atoms with E-state index in [1.54, 1.807) is 0 Å². The van der Waals surface area contributed by atoms with Crippen LogP contribution in [0, 0.1) is 6.92 Å². The topological polar surface area (TPSA) is 68.8 Å². The second-order valence-electron chi connectivity index (χ2n) is 4.95. The third-order valence-corrected chi connectivity index (χ3v) is 3.53. The van der Waals surface area contributed by atoms with Gasteiger partial charge in [-0.25, -0.2) is 0 Å². The van der Waals surface area contributed by atoms with E-state index in [-0.39, 0.29) is 6.04 Å².